The standard InChI is InChI=1S/C24H18ClFN2O4S/c1-15-3-2-4-18(11-15)27-23(29)14-28-13-22(24(30)20-12-16(25)5-10-21(20)28)33(31,32)19-8-6-17(26)7-9-19/h2-13H,14H2,1H3,(H,27,29). The maximum atomic E-state index is 13.3. The Morgan fingerprint density at radius 1 is 1.06 bits per heavy atom. The third kappa shape index (κ3) is 4.67. The number of pyridine rings is 1. The molecule has 0 spiro atoms. The van der Waals surface area contributed by atoms with E-state index >= 15 is 0 Å². The summed E-state index contributed by atoms with van der Waals surface area (Å²) in [5.41, 5.74) is 1.14. The fraction of sp³-hybridized carbons (Fsp3) is 0.0833. The molecule has 0 fully saturated rings. The molecule has 0 bridgehead atoms. The molecule has 0 aliphatic carbocycles. The van der Waals surface area contributed by atoms with Crippen LogP contribution in [-0.4, -0.2) is 18.9 Å². The molecule has 0 unspecified atom stereocenters. The zero-order chi connectivity index (χ0) is 23.8. The van der Waals surface area contributed by atoms with Gasteiger partial charge in [-0.1, -0.05) is 23.7 Å². The highest BCUT2D eigenvalue weighted by molar-refractivity contribution is 7.91. The predicted octanol–water partition coefficient (Wildman–Crippen LogP) is 4.57. The Balaban J connectivity index is 1.82. The molecule has 0 atom stereocenters. The molecule has 1 aromatic heterocycles. The highest BCUT2D eigenvalue weighted by Crippen LogP contribution is 2.23. The van der Waals surface area contributed by atoms with Crippen molar-refractivity contribution in [1.29, 1.82) is 0 Å². The minimum Gasteiger partial charge on any atom is -0.336 e. The van der Waals surface area contributed by atoms with E-state index in [1.807, 2.05) is 13.0 Å². The van der Waals surface area contributed by atoms with Gasteiger partial charge in [0.1, 0.15) is 17.3 Å². The molecule has 6 nitrogen and oxygen atoms in total. The fourth-order valence-electron chi connectivity index (χ4n) is 3.48. The second-order valence-electron chi connectivity index (χ2n) is 7.49. The molecule has 0 saturated carbocycles. The summed E-state index contributed by atoms with van der Waals surface area (Å²) >= 11 is 6.05. The van der Waals surface area contributed by atoms with Crippen LogP contribution in [0, 0.1) is 12.7 Å². The van der Waals surface area contributed by atoms with E-state index in [-0.39, 0.29) is 21.8 Å². The molecule has 168 valence electrons. The molecule has 9 heteroatoms. The Bertz CT molecular complexity index is 1550. The normalized spacial score (nSPS) is 11.5. The van der Waals surface area contributed by atoms with Crippen LogP contribution >= 0.6 is 11.6 Å². The van der Waals surface area contributed by atoms with Crippen LogP contribution in [0.4, 0.5) is 10.1 Å². The van der Waals surface area contributed by atoms with E-state index in [9.17, 15) is 22.4 Å². The van der Waals surface area contributed by atoms with Gasteiger partial charge in [0.25, 0.3) is 0 Å². The van der Waals surface area contributed by atoms with Crippen LogP contribution in [0.15, 0.2) is 87.5 Å². The lowest BCUT2D eigenvalue weighted by Crippen LogP contribution is -2.24. The third-order valence-electron chi connectivity index (χ3n) is 5.04. The number of fused-ring (bicyclic) bond motifs is 1. The summed E-state index contributed by atoms with van der Waals surface area (Å²) in [7, 11) is -4.29. The van der Waals surface area contributed by atoms with Gasteiger partial charge >= 0.3 is 0 Å². The number of aryl methyl sites for hydroxylation is 1. The average molecular weight is 485 g/mol. The summed E-state index contributed by atoms with van der Waals surface area (Å²) < 4.78 is 41.1. The van der Waals surface area contributed by atoms with Gasteiger partial charge in [0.15, 0.2) is 0 Å². The van der Waals surface area contributed by atoms with Crippen molar-refractivity contribution in [2.24, 2.45) is 0 Å². The van der Waals surface area contributed by atoms with E-state index in [0.717, 1.165) is 36.0 Å². The van der Waals surface area contributed by atoms with Crippen LogP contribution in [0.25, 0.3) is 10.9 Å². The van der Waals surface area contributed by atoms with E-state index in [0.29, 0.717) is 11.2 Å². The number of nitrogens with zero attached hydrogens (tertiary/aromatic N) is 1. The van der Waals surface area contributed by atoms with Crippen molar-refractivity contribution >= 4 is 43.9 Å². The lowest BCUT2D eigenvalue weighted by Gasteiger charge is -2.14. The number of hydrogen-bond donors (Lipinski definition) is 1. The molecule has 1 heterocycles. The van der Waals surface area contributed by atoms with Gasteiger partial charge in [0.2, 0.25) is 21.2 Å². The molecular formula is C24H18ClFN2O4S. The molecule has 0 saturated heterocycles. The lowest BCUT2D eigenvalue weighted by molar-refractivity contribution is -0.116. The largest absolute Gasteiger partial charge is 0.336 e. The van der Waals surface area contributed by atoms with Gasteiger partial charge in [0.05, 0.1) is 10.4 Å². The summed E-state index contributed by atoms with van der Waals surface area (Å²) in [5, 5.41) is 3.06. The number of carbonyl (C=O) groups is 1. The number of nitrogens with one attached hydrogen (secondary N) is 1. The second kappa shape index (κ2) is 8.80. The second-order valence-corrected chi connectivity index (χ2v) is 9.84. The van der Waals surface area contributed by atoms with Crippen molar-refractivity contribution in [2.75, 3.05) is 5.32 Å². The van der Waals surface area contributed by atoms with Gasteiger partial charge in [-0.05, 0) is 67.1 Å². The summed E-state index contributed by atoms with van der Waals surface area (Å²) in [4.78, 5) is 25.1. The molecule has 1 amide bonds. The lowest BCUT2D eigenvalue weighted by atomic mass is 10.2. The summed E-state index contributed by atoms with van der Waals surface area (Å²) in [6.45, 7) is 1.64. The van der Waals surface area contributed by atoms with Crippen LogP contribution in [0.5, 0.6) is 0 Å². The molecular weight excluding hydrogens is 467 g/mol. The number of sulfone groups is 1. The van der Waals surface area contributed by atoms with Crippen LogP contribution in [0.1, 0.15) is 5.56 Å². The van der Waals surface area contributed by atoms with Gasteiger partial charge in [-0.25, -0.2) is 12.8 Å². The molecule has 4 aromatic rings. The Kier molecular flexibility index (Phi) is 6.05. The topological polar surface area (TPSA) is 85.2 Å². The van der Waals surface area contributed by atoms with E-state index < -0.39 is 31.9 Å². The van der Waals surface area contributed by atoms with E-state index in [1.165, 1.54) is 10.6 Å². The predicted molar refractivity (Wildman–Crippen MR) is 125 cm³/mol. The summed E-state index contributed by atoms with van der Waals surface area (Å²) in [5.74, 6) is -1.02. The number of anilines is 1. The zero-order valence-corrected chi connectivity index (χ0v) is 19.0. The van der Waals surface area contributed by atoms with Crippen molar-refractivity contribution in [1.82, 2.24) is 4.57 Å². The van der Waals surface area contributed by atoms with E-state index in [2.05, 4.69) is 5.32 Å². The Morgan fingerprint density at radius 3 is 2.48 bits per heavy atom. The Hall–Kier alpha value is -3.49. The highest BCUT2D eigenvalue weighted by atomic mass is 35.5. The maximum absolute atomic E-state index is 13.3. The number of rotatable bonds is 5. The molecule has 33 heavy (non-hydrogen) atoms. The number of halogens is 2. The Labute approximate surface area is 194 Å². The monoisotopic (exact) mass is 484 g/mol. The quantitative estimate of drug-likeness (QED) is 0.420. The number of benzene rings is 3. The summed E-state index contributed by atoms with van der Waals surface area (Å²) in [6.07, 6.45) is 1.13. The Morgan fingerprint density at radius 2 is 1.79 bits per heavy atom. The van der Waals surface area contributed by atoms with Gasteiger partial charge in [-0.3, -0.25) is 9.59 Å². The molecule has 0 aliphatic heterocycles. The fourth-order valence-corrected chi connectivity index (χ4v) is 5.02. The number of carbonyl (C=O) groups excluding carboxylic acids is 1. The van der Waals surface area contributed by atoms with Crippen LogP contribution < -0.4 is 10.7 Å². The van der Waals surface area contributed by atoms with Gasteiger partial charge in [0, 0.05) is 22.3 Å². The molecule has 0 aliphatic rings. The van der Waals surface area contributed by atoms with Crippen LogP contribution in [0.2, 0.25) is 5.02 Å². The zero-order valence-electron chi connectivity index (χ0n) is 17.4. The van der Waals surface area contributed by atoms with Crippen molar-refractivity contribution in [3.63, 3.8) is 0 Å². The van der Waals surface area contributed by atoms with Crippen molar-refractivity contribution < 1.29 is 17.6 Å². The van der Waals surface area contributed by atoms with Crippen molar-refractivity contribution in [3.05, 3.63) is 99.6 Å². The first-order chi connectivity index (χ1) is 15.6. The molecule has 3 aromatic carbocycles. The van der Waals surface area contributed by atoms with Gasteiger partial charge in [-0.2, -0.15) is 0 Å². The number of aromatic nitrogens is 1. The molecule has 0 radical (unpaired) electrons. The number of amides is 1. The van der Waals surface area contributed by atoms with Crippen molar-refractivity contribution in [3.8, 4) is 0 Å². The SMILES string of the molecule is Cc1cccc(NC(=O)Cn2cc(S(=O)(=O)c3ccc(F)cc3)c(=O)c3cc(Cl)ccc32)c1. The molecule has 4 rings (SSSR count). The number of hydrogen-bond acceptors (Lipinski definition) is 4. The van der Waals surface area contributed by atoms with Gasteiger partial charge < -0.3 is 9.88 Å². The summed E-state index contributed by atoms with van der Waals surface area (Å²) in [6, 6.07) is 15.8. The van der Waals surface area contributed by atoms with Crippen molar-refractivity contribution in [2.45, 2.75) is 23.3 Å². The first-order valence-electron chi connectivity index (χ1n) is 9.85. The minimum absolute atomic E-state index is 0.0500. The average Bonchev–Trinajstić information content (AvgIpc) is 2.76. The maximum Gasteiger partial charge on any atom is 0.244 e. The third-order valence-corrected chi connectivity index (χ3v) is 7.04. The highest BCUT2D eigenvalue weighted by Gasteiger charge is 2.24. The van der Waals surface area contributed by atoms with E-state index in [4.69, 9.17) is 11.6 Å². The van der Waals surface area contributed by atoms with Gasteiger partial charge in [-0.15, -0.1) is 0 Å². The first-order valence-corrected chi connectivity index (χ1v) is 11.7. The first kappa shape index (κ1) is 22.7. The molecule has 1 N–H and O–H groups in total. The smallest absolute Gasteiger partial charge is 0.244 e. The van der Waals surface area contributed by atoms with E-state index in [1.54, 1.807) is 30.3 Å². The van der Waals surface area contributed by atoms with Crippen LogP contribution in [-0.2, 0) is 21.2 Å². The van der Waals surface area contributed by atoms with Crippen LogP contribution in [0.3, 0.4) is 0 Å². The minimum atomic E-state index is -4.29.